The minimum absolute atomic E-state index is 0.0507. The normalized spacial score (nSPS) is 11.1. The van der Waals surface area contributed by atoms with Crippen molar-refractivity contribution >= 4 is 34.0 Å². The third-order valence-electron chi connectivity index (χ3n) is 3.81. The monoisotopic (exact) mass is 452 g/mol. The minimum atomic E-state index is -4.78. The molecule has 2 heterocycles. The molecule has 0 radical (unpaired) electrons. The molecule has 0 atom stereocenters. The number of amides is 2. The van der Waals surface area contributed by atoms with Crippen LogP contribution in [0.25, 0.3) is 0 Å². The molecule has 162 valence electrons. The Morgan fingerprint density at radius 1 is 1.13 bits per heavy atom. The highest BCUT2D eigenvalue weighted by Crippen LogP contribution is 2.24. The lowest BCUT2D eigenvalue weighted by molar-refractivity contribution is -0.274. The van der Waals surface area contributed by atoms with Gasteiger partial charge in [-0.15, -0.1) is 24.5 Å². The molecule has 12 heteroatoms. The lowest BCUT2D eigenvalue weighted by Crippen LogP contribution is -2.22. The van der Waals surface area contributed by atoms with Crippen LogP contribution in [0.15, 0.2) is 52.8 Å². The number of H-pyrrole nitrogens is 1. The summed E-state index contributed by atoms with van der Waals surface area (Å²) in [7, 11) is 0. The molecule has 0 spiro atoms. The van der Waals surface area contributed by atoms with Crippen molar-refractivity contribution in [3.63, 3.8) is 0 Å². The SMILES string of the molecule is O=C(CCc1csc(NC(=O)c2ccc[nH]c2=O)n1)Nc1ccc(OC(F)(F)F)cc1. The number of carbonyl (C=O) groups is 2. The first kappa shape index (κ1) is 22.0. The third kappa shape index (κ3) is 6.67. The van der Waals surface area contributed by atoms with Gasteiger partial charge in [-0.3, -0.25) is 19.7 Å². The van der Waals surface area contributed by atoms with Gasteiger partial charge < -0.3 is 15.0 Å². The van der Waals surface area contributed by atoms with Gasteiger partial charge in [-0.2, -0.15) is 0 Å². The van der Waals surface area contributed by atoms with Gasteiger partial charge in [0.1, 0.15) is 11.3 Å². The van der Waals surface area contributed by atoms with E-state index in [1.165, 1.54) is 30.5 Å². The Bertz CT molecular complexity index is 1130. The van der Waals surface area contributed by atoms with E-state index in [4.69, 9.17) is 0 Å². The number of rotatable bonds is 7. The fourth-order valence-corrected chi connectivity index (χ4v) is 3.19. The summed E-state index contributed by atoms with van der Waals surface area (Å²) in [4.78, 5) is 42.4. The molecule has 3 aromatic rings. The number of benzene rings is 1. The number of nitrogens with one attached hydrogen (secondary N) is 3. The van der Waals surface area contributed by atoms with E-state index in [1.54, 1.807) is 5.38 Å². The van der Waals surface area contributed by atoms with Crippen LogP contribution in [0.5, 0.6) is 5.75 Å². The second kappa shape index (κ2) is 9.43. The number of aryl methyl sites for hydroxylation is 1. The van der Waals surface area contributed by atoms with Gasteiger partial charge in [0.05, 0.1) is 5.69 Å². The maximum Gasteiger partial charge on any atom is 0.573 e. The Morgan fingerprint density at radius 2 is 1.87 bits per heavy atom. The quantitative estimate of drug-likeness (QED) is 0.507. The molecular formula is C19H15F3N4O4S. The Kier molecular flexibility index (Phi) is 6.70. The topological polar surface area (TPSA) is 113 Å². The zero-order valence-electron chi connectivity index (χ0n) is 15.7. The molecule has 1 aromatic carbocycles. The highest BCUT2D eigenvalue weighted by Gasteiger charge is 2.30. The molecule has 0 aliphatic heterocycles. The molecule has 3 N–H and O–H groups in total. The summed E-state index contributed by atoms with van der Waals surface area (Å²) in [5.74, 6) is -1.35. The van der Waals surface area contributed by atoms with Crippen molar-refractivity contribution in [3.8, 4) is 5.75 Å². The summed E-state index contributed by atoms with van der Waals surface area (Å²) in [6, 6.07) is 7.68. The van der Waals surface area contributed by atoms with Crippen LogP contribution in [0.4, 0.5) is 24.0 Å². The van der Waals surface area contributed by atoms with E-state index < -0.39 is 17.8 Å². The van der Waals surface area contributed by atoms with Crippen LogP contribution < -0.4 is 20.9 Å². The standard InChI is InChI=1S/C19H15F3N4O4S/c20-19(21,22)30-13-6-3-11(4-7-13)24-15(27)8-5-12-10-31-18(25-12)26-17(29)14-2-1-9-23-16(14)28/h1-4,6-7,9-10H,5,8H2,(H,23,28)(H,24,27)(H,25,26,29). The van der Waals surface area contributed by atoms with E-state index in [0.29, 0.717) is 11.4 Å². The Balaban J connectivity index is 1.49. The minimum Gasteiger partial charge on any atom is -0.406 e. The molecule has 2 amide bonds. The number of hydrogen-bond donors (Lipinski definition) is 3. The van der Waals surface area contributed by atoms with E-state index in [9.17, 15) is 27.6 Å². The van der Waals surface area contributed by atoms with E-state index in [-0.39, 0.29) is 35.2 Å². The average molecular weight is 452 g/mol. The number of anilines is 2. The van der Waals surface area contributed by atoms with E-state index >= 15 is 0 Å². The fraction of sp³-hybridized carbons (Fsp3) is 0.158. The van der Waals surface area contributed by atoms with Crippen LogP contribution in [0.2, 0.25) is 0 Å². The maximum atomic E-state index is 12.2. The first-order valence-corrected chi connectivity index (χ1v) is 9.67. The second-order valence-electron chi connectivity index (χ2n) is 6.13. The number of thiazole rings is 1. The van der Waals surface area contributed by atoms with Gasteiger partial charge >= 0.3 is 6.36 Å². The summed E-state index contributed by atoms with van der Waals surface area (Å²) < 4.78 is 40.2. The van der Waals surface area contributed by atoms with Crippen molar-refractivity contribution < 1.29 is 27.5 Å². The van der Waals surface area contributed by atoms with Crippen molar-refractivity contribution in [1.82, 2.24) is 9.97 Å². The number of nitrogens with zero attached hydrogens (tertiary/aromatic N) is 1. The molecule has 0 unspecified atom stereocenters. The molecule has 0 saturated heterocycles. The number of aromatic amines is 1. The summed E-state index contributed by atoms with van der Waals surface area (Å²) >= 11 is 1.15. The predicted octanol–water partition coefficient (Wildman–Crippen LogP) is 3.55. The molecule has 2 aromatic heterocycles. The number of carbonyl (C=O) groups excluding carboxylic acids is 2. The van der Waals surface area contributed by atoms with Gasteiger partial charge in [0.2, 0.25) is 5.91 Å². The largest absolute Gasteiger partial charge is 0.573 e. The van der Waals surface area contributed by atoms with E-state index in [1.807, 2.05) is 0 Å². The number of ether oxygens (including phenoxy) is 1. The van der Waals surface area contributed by atoms with Crippen LogP contribution in [-0.4, -0.2) is 28.1 Å². The van der Waals surface area contributed by atoms with Crippen molar-refractivity contribution in [2.75, 3.05) is 10.6 Å². The lowest BCUT2D eigenvalue weighted by atomic mass is 10.2. The van der Waals surface area contributed by atoms with E-state index in [0.717, 1.165) is 23.5 Å². The summed E-state index contributed by atoms with van der Waals surface area (Å²) in [5.41, 5.74) is 0.307. The summed E-state index contributed by atoms with van der Waals surface area (Å²) in [6.07, 6.45) is -3.03. The van der Waals surface area contributed by atoms with Gasteiger partial charge in [-0.1, -0.05) is 0 Å². The number of alkyl halides is 3. The van der Waals surface area contributed by atoms with Gasteiger partial charge in [0, 0.05) is 23.7 Å². The van der Waals surface area contributed by atoms with Gasteiger partial charge in [-0.05, 0) is 42.8 Å². The Labute approximate surface area is 177 Å². The first-order chi connectivity index (χ1) is 14.7. The van der Waals surface area contributed by atoms with Crippen molar-refractivity contribution in [2.45, 2.75) is 19.2 Å². The molecule has 0 fully saturated rings. The third-order valence-corrected chi connectivity index (χ3v) is 4.62. The van der Waals surface area contributed by atoms with Gasteiger partial charge in [0.15, 0.2) is 5.13 Å². The zero-order valence-corrected chi connectivity index (χ0v) is 16.5. The molecule has 3 rings (SSSR count). The van der Waals surface area contributed by atoms with Crippen molar-refractivity contribution in [2.24, 2.45) is 0 Å². The fourth-order valence-electron chi connectivity index (χ4n) is 2.45. The maximum absolute atomic E-state index is 12.2. The number of pyridine rings is 1. The molecular weight excluding hydrogens is 437 g/mol. The van der Waals surface area contributed by atoms with Crippen LogP contribution in [0, 0.1) is 0 Å². The van der Waals surface area contributed by atoms with Crippen LogP contribution >= 0.6 is 11.3 Å². The average Bonchev–Trinajstić information content (AvgIpc) is 3.14. The molecule has 0 aliphatic rings. The van der Waals surface area contributed by atoms with Crippen molar-refractivity contribution in [3.05, 3.63) is 69.6 Å². The summed E-state index contributed by atoms with van der Waals surface area (Å²) in [5, 5.41) is 7.03. The van der Waals surface area contributed by atoms with Crippen LogP contribution in [0.1, 0.15) is 22.5 Å². The predicted molar refractivity (Wildman–Crippen MR) is 107 cm³/mol. The molecule has 0 saturated carbocycles. The summed E-state index contributed by atoms with van der Waals surface area (Å²) in [6.45, 7) is 0. The zero-order chi connectivity index (χ0) is 22.4. The Hall–Kier alpha value is -3.67. The lowest BCUT2D eigenvalue weighted by Gasteiger charge is -2.09. The van der Waals surface area contributed by atoms with Crippen molar-refractivity contribution in [1.29, 1.82) is 0 Å². The molecule has 0 bridgehead atoms. The number of halogens is 3. The van der Waals surface area contributed by atoms with E-state index in [2.05, 4.69) is 25.3 Å². The highest BCUT2D eigenvalue weighted by atomic mass is 32.1. The first-order valence-electron chi connectivity index (χ1n) is 8.79. The van der Waals surface area contributed by atoms with Crippen LogP contribution in [-0.2, 0) is 11.2 Å². The molecule has 31 heavy (non-hydrogen) atoms. The number of aromatic nitrogens is 2. The van der Waals surface area contributed by atoms with Crippen LogP contribution in [0.3, 0.4) is 0 Å². The highest BCUT2D eigenvalue weighted by molar-refractivity contribution is 7.14. The van der Waals surface area contributed by atoms with Gasteiger partial charge in [0.25, 0.3) is 11.5 Å². The molecule has 8 nitrogen and oxygen atoms in total. The smallest absolute Gasteiger partial charge is 0.406 e. The van der Waals surface area contributed by atoms with Gasteiger partial charge in [-0.25, -0.2) is 4.98 Å². The molecule has 0 aliphatic carbocycles. The Morgan fingerprint density at radius 3 is 2.55 bits per heavy atom. The number of hydrogen-bond acceptors (Lipinski definition) is 6. The second-order valence-corrected chi connectivity index (χ2v) is 6.99.